The van der Waals surface area contributed by atoms with E-state index in [4.69, 9.17) is 9.47 Å². The van der Waals surface area contributed by atoms with E-state index in [1.54, 1.807) is 0 Å². The highest BCUT2D eigenvalue weighted by Gasteiger charge is 2.46. The molecule has 0 spiro atoms. The summed E-state index contributed by atoms with van der Waals surface area (Å²) >= 11 is 0. The molecule has 1 aliphatic carbocycles. The standard InChI is InChI=1S/C18H12O7/c19-6-3-8-12(10(20)4-6)16(23)14-9(15(8)22)5-11(21)13-7-1-2-24-18(7)25-17(13)14/h3-5,7,18-21H,1-2H2. The molecule has 7 nitrogen and oxygen atoms in total. The van der Waals surface area contributed by atoms with Crippen molar-refractivity contribution in [1.82, 2.24) is 0 Å². The second kappa shape index (κ2) is 4.52. The van der Waals surface area contributed by atoms with E-state index in [1.807, 2.05) is 0 Å². The van der Waals surface area contributed by atoms with E-state index in [-0.39, 0.29) is 45.4 Å². The van der Waals surface area contributed by atoms with E-state index in [2.05, 4.69) is 0 Å². The first-order valence-corrected chi connectivity index (χ1v) is 7.81. The van der Waals surface area contributed by atoms with Crippen LogP contribution >= 0.6 is 0 Å². The summed E-state index contributed by atoms with van der Waals surface area (Å²) in [7, 11) is 0. The molecule has 7 heteroatoms. The monoisotopic (exact) mass is 340 g/mol. The number of benzene rings is 2. The van der Waals surface area contributed by atoms with Crippen LogP contribution in [0.3, 0.4) is 0 Å². The molecule has 2 atom stereocenters. The van der Waals surface area contributed by atoms with Crippen LogP contribution in [0.25, 0.3) is 0 Å². The van der Waals surface area contributed by atoms with Crippen molar-refractivity contribution in [3.8, 4) is 23.0 Å². The van der Waals surface area contributed by atoms with Crippen LogP contribution < -0.4 is 4.74 Å². The molecule has 0 aromatic heterocycles. The maximum atomic E-state index is 13.0. The Morgan fingerprint density at radius 2 is 1.68 bits per heavy atom. The number of carbonyl (C=O) groups excluding carboxylic acids is 2. The van der Waals surface area contributed by atoms with Gasteiger partial charge in [-0.2, -0.15) is 0 Å². The summed E-state index contributed by atoms with van der Waals surface area (Å²) in [6, 6.07) is 3.39. The normalized spacial score (nSPS) is 22.9. The van der Waals surface area contributed by atoms with Gasteiger partial charge >= 0.3 is 0 Å². The number of fused-ring (bicyclic) bond motifs is 6. The minimum atomic E-state index is -0.592. The van der Waals surface area contributed by atoms with E-state index in [9.17, 15) is 24.9 Å². The zero-order valence-corrected chi connectivity index (χ0v) is 12.8. The summed E-state index contributed by atoms with van der Waals surface area (Å²) in [5.74, 6) is -2.14. The highest BCUT2D eigenvalue weighted by Crippen LogP contribution is 2.53. The minimum Gasteiger partial charge on any atom is -0.508 e. The summed E-state index contributed by atoms with van der Waals surface area (Å²) in [6.45, 7) is 0.487. The first-order chi connectivity index (χ1) is 12.0. The third-order valence-corrected chi connectivity index (χ3v) is 4.99. The molecule has 3 N–H and O–H groups in total. The predicted molar refractivity (Wildman–Crippen MR) is 82.5 cm³/mol. The Hall–Kier alpha value is -3.06. The third-order valence-electron chi connectivity index (χ3n) is 4.99. The SMILES string of the molecule is O=C1c2cc(O)cc(O)c2C(=O)c2c1cc(O)c1c2OC2OCCC12. The van der Waals surface area contributed by atoms with Gasteiger partial charge in [0, 0.05) is 22.8 Å². The van der Waals surface area contributed by atoms with Crippen molar-refractivity contribution in [3.63, 3.8) is 0 Å². The fourth-order valence-corrected chi connectivity index (χ4v) is 3.92. The lowest BCUT2D eigenvalue weighted by Gasteiger charge is -2.21. The van der Waals surface area contributed by atoms with Crippen LogP contribution in [0.15, 0.2) is 18.2 Å². The molecule has 2 aliphatic heterocycles. The van der Waals surface area contributed by atoms with E-state index in [0.717, 1.165) is 12.1 Å². The Morgan fingerprint density at radius 1 is 0.920 bits per heavy atom. The van der Waals surface area contributed by atoms with Crippen molar-refractivity contribution in [2.75, 3.05) is 6.61 Å². The van der Waals surface area contributed by atoms with E-state index in [1.165, 1.54) is 6.07 Å². The number of hydrogen-bond donors (Lipinski definition) is 3. The largest absolute Gasteiger partial charge is 0.508 e. The maximum Gasteiger partial charge on any atom is 0.207 e. The van der Waals surface area contributed by atoms with Crippen molar-refractivity contribution < 1.29 is 34.4 Å². The lowest BCUT2D eigenvalue weighted by atomic mass is 9.80. The molecule has 0 amide bonds. The molecule has 0 bridgehead atoms. The van der Waals surface area contributed by atoms with Crippen LogP contribution in [0.1, 0.15) is 49.7 Å². The minimum absolute atomic E-state index is 0.0151. The molecule has 2 aromatic rings. The van der Waals surface area contributed by atoms with Crippen molar-refractivity contribution >= 4 is 11.6 Å². The molecule has 5 rings (SSSR count). The average molecular weight is 340 g/mol. The lowest BCUT2D eigenvalue weighted by molar-refractivity contribution is -0.0340. The van der Waals surface area contributed by atoms with E-state index in [0.29, 0.717) is 18.6 Å². The van der Waals surface area contributed by atoms with Gasteiger partial charge in [0.1, 0.15) is 23.0 Å². The number of carbonyl (C=O) groups is 2. The van der Waals surface area contributed by atoms with Crippen molar-refractivity contribution in [2.24, 2.45) is 0 Å². The zero-order valence-electron chi connectivity index (χ0n) is 12.8. The van der Waals surface area contributed by atoms with Gasteiger partial charge in [0.15, 0.2) is 5.78 Å². The summed E-state index contributed by atoms with van der Waals surface area (Å²) in [5.41, 5.74) is 0.181. The molecule has 0 radical (unpaired) electrons. The zero-order chi connectivity index (χ0) is 17.5. The fraction of sp³-hybridized carbons (Fsp3) is 0.222. The molecule has 3 aliphatic rings. The van der Waals surface area contributed by atoms with Gasteiger partial charge in [-0.25, -0.2) is 0 Å². The molecule has 1 saturated heterocycles. The first kappa shape index (κ1) is 14.3. The summed E-state index contributed by atoms with van der Waals surface area (Å²) in [6.07, 6.45) is 0.0482. The highest BCUT2D eigenvalue weighted by molar-refractivity contribution is 6.30. The first-order valence-electron chi connectivity index (χ1n) is 7.81. The Balaban J connectivity index is 1.80. The molecular formula is C18H12O7. The Labute approximate surface area is 141 Å². The number of phenolic OH excluding ortho intramolecular Hbond substituents is 3. The number of aromatic hydroxyl groups is 3. The van der Waals surface area contributed by atoms with Crippen LogP contribution in [0.2, 0.25) is 0 Å². The summed E-state index contributed by atoms with van der Waals surface area (Å²) in [4.78, 5) is 25.8. The molecule has 2 heterocycles. The highest BCUT2D eigenvalue weighted by atomic mass is 16.7. The van der Waals surface area contributed by atoms with Gasteiger partial charge < -0.3 is 24.8 Å². The van der Waals surface area contributed by atoms with Crippen molar-refractivity contribution in [2.45, 2.75) is 18.6 Å². The van der Waals surface area contributed by atoms with Gasteiger partial charge in [-0.1, -0.05) is 0 Å². The number of ketones is 2. The molecule has 1 fully saturated rings. The smallest absolute Gasteiger partial charge is 0.207 e. The van der Waals surface area contributed by atoms with Gasteiger partial charge in [-0.3, -0.25) is 9.59 Å². The summed E-state index contributed by atoms with van der Waals surface area (Å²) in [5, 5.41) is 30.1. The van der Waals surface area contributed by atoms with Gasteiger partial charge in [-0.05, 0) is 18.6 Å². The lowest BCUT2D eigenvalue weighted by Crippen LogP contribution is -2.22. The van der Waals surface area contributed by atoms with Crippen LogP contribution in [0, 0.1) is 0 Å². The van der Waals surface area contributed by atoms with E-state index >= 15 is 0 Å². The van der Waals surface area contributed by atoms with Crippen LogP contribution in [0.4, 0.5) is 0 Å². The quantitative estimate of drug-likeness (QED) is 0.572. The molecule has 0 saturated carbocycles. The third kappa shape index (κ3) is 1.68. The molecule has 25 heavy (non-hydrogen) atoms. The number of hydrogen-bond acceptors (Lipinski definition) is 7. The maximum absolute atomic E-state index is 13.0. The Morgan fingerprint density at radius 3 is 2.48 bits per heavy atom. The average Bonchev–Trinajstić information content (AvgIpc) is 3.12. The number of ether oxygens (including phenoxy) is 2. The predicted octanol–water partition coefficient (Wildman–Crippen LogP) is 1.80. The van der Waals surface area contributed by atoms with Crippen LogP contribution in [-0.2, 0) is 4.74 Å². The molecular weight excluding hydrogens is 328 g/mol. The summed E-state index contributed by atoms with van der Waals surface area (Å²) < 4.78 is 11.2. The van der Waals surface area contributed by atoms with Crippen LogP contribution in [0.5, 0.6) is 23.0 Å². The second-order valence-electron chi connectivity index (χ2n) is 6.36. The number of rotatable bonds is 0. The topological polar surface area (TPSA) is 113 Å². The van der Waals surface area contributed by atoms with E-state index < -0.39 is 23.6 Å². The molecule has 126 valence electrons. The van der Waals surface area contributed by atoms with Gasteiger partial charge in [0.25, 0.3) is 0 Å². The Bertz CT molecular complexity index is 992. The molecule has 2 aromatic carbocycles. The molecule has 2 unspecified atom stereocenters. The second-order valence-corrected chi connectivity index (χ2v) is 6.36. The number of phenols is 3. The van der Waals surface area contributed by atoms with Gasteiger partial charge in [0.2, 0.25) is 12.1 Å². The van der Waals surface area contributed by atoms with Gasteiger partial charge in [0.05, 0.1) is 23.7 Å². The van der Waals surface area contributed by atoms with Gasteiger partial charge in [-0.15, -0.1) is 0 Å². The van der Waals surface area contributed by atoms with Crippen molar-refractivity contribution in [3.05, 3.63) is 46.0 Å². The fourth-order valence-electron chi connectivity index (χ4n) is 3.92. The van der Waals surface area contributed by atoms with Crippen molar-refractivity contribution in [1.29, 1.82) is 0 Å². The Kier molecular flexibility index (Phi) is 2.58. The van der Waals surface area contributed by atoms with Crippen LogP contribution in [-0.4, -0.2) is 39.8 Å².